The third-order valence-corrected chi connectivity index (χ3v) is 6.89. The van der Waals surface area contributed by atoms with Crippen molar-refractivity contribution in [3.05, 3.63) is 77.2 Å². The number of ether oxygens (including phenoxy) is 1. The van der Waals surface area contributed by atoms with E-state index in [1.807, 2.05) is 41.9 Å². The number of pyridine rings is 1. The molecule has 4 aromatic rings. The Morgan fingerprint density at radius 3 is 2.68 bits per heavy atom. The van der Waals surface area contributed by atoms with Crippen LogP contribution in [0.2, 0.25) is 0 Å². The average molecular weight is 507 g/mol. The van der Waals surface area contributed by atoms with Crippen molar-refractivity contribution in [1.82, 2.24) is 19.7 Å². The van der Waals surface area contributed by atoms with Crippen molar-refractivity contribution in [2.75, 3.05) is 11.5 Å². The maximum atomic E-state index is 13.5. The Balaban J connectivity index is 1.41. The van der Waals surface area contributed by atoms with Crippen LogP contribution < -0.4 is 9.64 Å². The Morgan fingerprint density at radius 1 is 1.13 bits per heavy atom. The van der Waals surface area contributed by atoms with E-state index in [1.165, 1.54) is 0 Å². The van der Waals surface area contributed by atoms with Crippen LogP contribution in [0.3, 0.4) is 0 Å². The minimum atomic E-state index is -0.600. The van der Waals surface area contributed by atoms with Crippen molar-refractivity contribution in [2.45, 2.75) is 38.3 Å². The number of amides is 1. The van der Waals surface area contributed by atoms with E-state index in [1.54, 1.807) is 30.3 Å². The predicted molar refractivity (Wildman–Crippen MR) is 140 cm³/mol. The highest BCUT2D eigenvalue weighted by Crippen LogP contribution is 2.43. The van der Waals surface area contributed by atoms with Gasteiger partial charge < -0.3 is 14.4 Å². The summed E-state index contributed by atoms with van der Waals surface area (Å²) in [4.78, 5) is 20.2. The minimum absolute atomic E-state index is 0.137. The van der Waals surface area contributed by atoms with E-state index in [-0.39, 0.29) is 12.5 Å². The number of hydrogen-bond donors (Lipinski definition) is 1. The van der Waals surface area contributed by atoms with Crippen LogP contribution in [0.1, 0.15) is 52.9 Å². The molecule has 190 valence electrons. The quantitative estimate of drug-likeness (QED) is 0.399. The van der Waals surface area contributed by atoms with Crippen LogP contribution in [0, 0.1) is 11.3 Å². The fraction of sp³-hybridized carbons (Fsp3) is 0.276. The average Bonchev–Trinajstić information content (AvgIpc) is 3.62. The number of rotatable bonds is 7. The molecule has 1 N–H and O–H groups in total. The second-order valence-electron chi connectivity index (χ2n) is 9.92. The smallest absolute Gasteiger partial charge is 0.260 e. The Bertz CT molecular complexity index is 1600. The van der Waals surface area contributed by atoms with Gasteiger partial charge in [-0.3, -0.25) is 9.69 Å². The van der Waals surface area contributed by atoms with Gasteiger partial charge in [0.2, 0.25) is 0 Å². The third kappa shape index (κ3) is 4.40. The molecule has 6 rings (SSSR count). The molecule has 0 spiro atoms. The molecule has 0 unspecified atom stereocenters. The fourth-order valence-corrected chi connectivity index (χ4v) is 4.77. The summed E-state index contributed by atoms with van der Waals surface area (Å²) in [7, 11) is 1.87. The van der Waals surface area contributed by atoms with Gasteiger partial charge in [0.15, 0.2) is 5.82 Å². The SMILES string of the molecule is C[C@H](O)COc1ccc2c(c1)C(=O)N(c1cc(-c3ccc(C#N)cc3-c3nncn3C)cc(C3CC3)n1)C2. The van der Waals surface area contributed by atoms with Crippen LogP contribution >= 0.6 is 0 Å². The summed E-state index contributed by atoms with van der Waals surface area (Å²) in [5.74, 6) is 2.02. The first-order valence-electron chi connectivity index (χ1n) is 12.6. The van der Waals surface area contributed by atoms with Crippen LogP contribution in [0.15, 0.2) is 54.9 Å². The van der Waals surface area contributed by atoms with Gasteiger partial charge in [0, 0.05) is 29.8 Å². The molecule has 0 saturated heterocycles. The molecule has 0 bridgehead atoms. The summed E-state index contributed by atoms with van der Waals surface area (Å²) in [6.07, 6.45) is 3.16. The molecule has 38 heavy (non-hydrogen) atoms. The van der Waals surface area contributed by atoms with Crippen LogP contribution in [-0.4, -0.2) is 43.5 Å². The lowest BCUT2D eigenvalue weighted by Crippen LogP contribution is -2.24. The van der Waals surface area contributed by atoms with Gasteiger partial charge in [-0.15, -0.1) is 10.2 Å². The molecule has 1 aliphatic carbocycles. The lowest BCUT2D eigenvalue weighted by Gasteiger charge is -2.18. The van der Waals surface area contributed by atoms with Crippen molar-refractivity contribution in [3.63, 3.8) is 0 Å². The number of nitrogens with zero attached hydrogens (tertiary/aromatic N) is 6. The Kier molecular flexibility index (Phi) is 5.89. The first-order valence-corrected chi connectivity index (χ1v) is 12.6. The molecule has 2 aliphatic rings. The van der Waals surface area contributed by atoms with Crippen molar-refractivity contribution < 1.29 is 14.6 Å². The van der Waals surface area contributed by atoms with Crippen LogP contribution in [0.5, 0.6) is 5.75 Å². The zero-order chi connectivity index (χ0) is 26.4. The highest BCUT2D eigenvalue weighted by Gasteiger charge is 2.32. The molecular weight excluding hydrogens is 480 g/mol. The normalized spacial score (nSPS) is 15.3. The monoisotopic (exact) mass is 506 g/mol. The second-order valence-corrected chi connectivity index (χ2v) is 9.92. The summed E-state index contributed by atoms with van der Waals surface area (Å²) in [5.41, 5.74) is 5.55. The third-order valence-electron chi connectivity index (χ3n) is 6.89. The van der Waals surface area contributed by atoms with E-state index in [4.69, 9.17) is 9.72 Å². The Morgan fingerprint density at radius 2 is 1.97 bits per heavy atom. The Labute approximate surface area is 220 Å². The van der Waals surface area contributed by atoms with Gasteiger partial charge in [-0.2, -0.15) is 5.26 Å². The summed E-state index contributed by atoms with van der Waals surface area (Å²) >= 11 is 0. The molecule has 2 aromatic carbocycles. The molecule has 1 saturated carbocycles. The van der Waals surface area contributed by atoms with Crippen molar-refractivity contribution in [3.8, 4) is 34.3 Å². The van der Waals surface area contributed by atoms with Crippen LogP contribution in [0.25, 0.3) is 22.5 Å². The lowest BCUT2D eigenvalue weighted by molar-refractivity contribution is 0.0995. The number of anilines is 1. The molecule has 3 heterocycles. The highest BCUT2D eigenvalue weighted by atomic mass is 16.5. The molecular formula is C29H26N6O3. The number of aromatic nitrogens is 4. The van der Waals surface area contributed by atoms with E-state index >= 15 is 0 Å². The molecule has 9 heteroatoms. The standard InChI is InChI=1S/C29H26N6O3/c1-17(36)15-38-22-7-6-20-14-35(29(37)24(20)12-22)27-11-21(10-26(32-27)19-4-5-19)23-8-3-18(13-30)9-25(23)28-33-31-16-34(28)2/h3,6-12,16-17,19,36H,4-5,14-15H2,1-2H3/t17-/m0/s1. The van der Waals surface area contributed by atoms with Crippen LogP contribution in [0.4, 0.5) is 5.82 Å². The number of carbonyl (C=O) groups is 1. The van der Waals surface area contributed by atoms with Crippen LogP contribution in [-0.2, 0) is 13.6 Å². The van der Waals surface area contributed by atoms with Gasteiger partial charge in [-0.25, -0.2) is 4.98 Å². The largest absolute Gasteiger partial charge is 0.491 e. The van der Waals surface area contributed by atoms with Gasteiger partial charge >= 0.3 is 0 Å². The molecule has 0 radical (unpaired) electrons. The zero-order valence-corrected chi connectivity index (χ0v) is 21.1. The zero-order valence-electron chi connectivity index (χ0n) is 21.1. The van der Waals surface area contributed by atoms with Crippen molar-refractivity contribution in [2.24, 2.45) is 7.05 Å². The van der Waals surface area contributed by atoms with Crippen molar-refractivity contribution in [1.29, 1.82) is 5.26 Å². The number of benzene rings is 2. The first kappa shape index (κ1) is 23.8. The second kappa shape index (κ2) is 9.39. The maximum absolute atomic E-state index is 13.5. The van der Waals surface area contributed by atoms with E-state index in [2.05, 4.69) is 22.3 Å². The van der Waals surface area contributed by atoms with Gasteiger partial charge in [0.25, 0.3) is 5.91 Å². The molecule has 2 aromatic heterocycles. The summed E-state index contributed by atoms with van der Waals surface area (Å²) in [6, 6.07) is 17.2. The fourth-order valence-electron chi connectivity index (χ4n) is 4.77. The highest BCUT2D eigenvalue weighted by molar-refractivity contribution is 6.10. The molecule has 1 amide bonds. The summed E-state index contributed by atoms with van der Waals surface area (Å²) in [5, 5.41) is 27.4. The van der Waals surface area contributed by atoms with Gasteiger partial charge in [-0.1, -0.05) is 12.1 Å². The Hall–Kier alpha value is -4.55. The van der Waals surface area contributed by atoms with E-state index in [0.29, 0.717) is 41.0 Å². The summed E-state index contributed by atoms with van der Waals surface area (Å²) < 4.78 is 7.44. The molecule has 9 nitrogen and oxygen atoms in total. The molecule has 1 aliphatic heterocycles. The molecule has 1 fully saturated rings. The van der Waals surface area contributed by atoms with E-state index < -0.39 is 6.10 Å². The summed E-state index contributed by atoms with van der Waals surface area (Å²) in [6.45, 7) is 2.22. The number of aryl methyl sites for hydroxylation is 1. The predicted octanol–water partition coefficient (Wildman–Crippen LogP) is 4.21. The number of aliphatic hydroxyl groups is 1. The number of nitriles is 1. The number of hydrogen-bond acceptors (Lipinski definition) is 7. The van der Waals surface area contributed by atoms with E-state index in [9.17, 15) is 15.2 Å². The van der Waals surface area contributed by atoms with E-state index in [0.717, 1.165) is 40.8 Å². The topological polar surface area (TPSA) is 117 Å². The van der Waals surface area contributed by atoms with Gasteiger partial charge in [-0.05, 0) is 72.9 Å². The van der Waals surface area contributed by atoms with Crippen molar-refractivity contribution >= 4 is 11.7 Å². The maximum Gasteiger partial charge on any atom is 0.260 e. The first-order chi connectivity index (χ1) is 18.4. The van der Waals surface area contributed by atoms with Gasteiger partial charge in [0.1, 0.15) is 24.5 Å². The number of fused-ring (bicyclic) bond motifs is 1. The van der Waals surface area contributed by atoms with Gasteiger partial charge in [0.05, 0.1) is 24.3 Å². The molecule has 1 atom stereocenters. The minimum Gasteiger partial charge on any atom is -0.491 e. The number of aliphatic hydroxyl groups excluding tert-OH is 1. The lowest BCUT2D eigenvalue weighted by atomic mass is 9.96. The number of carbonyl (C=O) groups excluding carboxylic acids is 1.